The van der Waals surface area contributed by atoms with E-state index in [1.165, 1.54) is 12.1 Å². The Kier molecular flexibility index (Phi) is 6.99. The van der Waals surface area contributed by atoms with Crippen molar-refractivity contribution >= 4 is 5.96 Å². The third-order valence-corrected chi connectivity index (χ3v) is 5.43. The van der Waals surface area contributed by atoms with Crippen LogP contribution in [0.5, 0.6) is 0 Å². The van der Waals surface area contributed by atoms with E-state index in [0.29, 0.717) is 43.7 Å². The molecule has 1 heterocycles. The van der Waals surface area contributed by atoms with Crippen LogP contribution in [-0.4, -0.2) is 35.7 Å². The van der Waals surface area contributed by atoms with E-state index in [1.54, 1.807) is 13.0 Å². The zero-order chi connectivity index (χ0) is 21.6. The minimum atomic E-state index is -4.34. The van der Waals surface area contributed by atoms with E-state index < -0.39 is 11.7 Å². The number of hydrogen-bond donors (Lipinski definition) is 2. The number of aromatic nitrogens is 2. The Balaban J connectivity index is 1.62. The van der Waals surface area contributed by atoms with Crippen LogP contribution in [0.25, 0.3) is 0 Å². The molecule has 1 fully saturated rings. The summed E-state index contributed by atoms with van der Waals surface area (Å²) in [5.41, 5.74) is -0.211. The Morgan fingerprint density at radius 1 is 1.27 bits per heavy atom. The van der Waals surface area contributed by atoms with Crippen molar-refractivity contribution in [3.63, 3.8) is 0 Å². The van der Waals surface area contributed by atoms with Crippen molar-refractivity contribution < 1.29 is 17.7 Å². The molecule has 2 N–H and O–H groups in total. The van der Waals surface area contributed by atoms with E-state index in [9.17, 15) is 13.2 Å². The summed E-state index contributed by atoms with van der Waals surface area (Å²) in [5, 5.41) is 10.2. The summed E-state index contributed by atoms with van der Waals surface area (Å²) in [4.78, 5) is 8.86. The van der Waals surface area contributed by atoms with Crippen molar-refractivity contribution in [3.8, 4) is 0 Å². The summed E-state index contributed by atoms with van der Waals surface area (Å²) in [6.45, 7) is 5.58. The van der Waals surface area contributed by atoms with Crippen LogP contribution in [0, 0.1) is 6.92 Å². The number of guanidine groups is 1. The topological polar surface area (TPSA) is 75.3 Å². The van der Waals surface area contributed by atoms with Gasteiger partial charge in [-0.2, -0.15) is 18.2 Å². The largest absolute Gasteiger partial charge is 0.416 e. The Hall–Kier alpha value is -2.58. The average molecular weight is 423 g/mol. The number of alkyl halides is 3. The summed E-state index contributed by atoms with van der Waals surface area (Å²) in [7, 11) is 0. The molecule has 2 aromatic rings. The molecule has 1 saturated carbocycles. The third-order valence-electron chi connectivity index (χ3n) is 5.43. The highest BCUT2D eigenvalue weighted by molar-refractivity contribution is 5.79. The highest BCUT2D eigenvalue weighted by Crippen LogP contribution is 2.45. The lowest BCUT2D eigenvalue weighted by molar-refractivity contribution is -0.137. The fraction of sp³-hybridized carbons (Fsp3) is 0.571. The maximum absolute atomic E-state index is 13.1. The number of aryl methyl sites for hydroxylation is 2. The van der Waals surface area contributed by atoms with Crippen molar-refractivity contribution in [2.45, 2.75) is 57.5 Å². The molecule has 1 aliphatic carbocycles. The zero-order valence-electron chi connectivity index (χ0n) is 17.4. The van der Waals surface area contributed by atoms with E-state index in [-0.39, 0.29) is 5.41 Å². The molecule has 30 heavy (non-hydrogen) atoms. The predicted molar refractivity (Wildman–Crippen MR) is 108 cm³/mol. The number of aliphatic imine (C=N–C) groups is 1. The SMILES string of the molecule is CCNC(=NCC1(c2cccc(C(F)(F)F)c2)CCC1)NCCCc1nc(C)no1. The number of nitrogens with one attached hydrogen (secondary N) is 2. The second kappa shape index (κ2) is 9.49. The molecule has 0 saturated heterocycles. The normalized spacial score (nSPS) is 16.2. The van der Waals surface area contributed by atoms with Gasteiger partial charge < -0.3 is 15.2 Å². The number of benzene rings is 1. The van der Waals surface area contributed by atoms with Gasteiger partial charge in [-0.15, -0.1) is 0 Å². The van der Waals surface area contributed by atoms with Crippen molar-refractivity contribution in [2.24, 2.45) is 4.99 Å². The number of nitrogens with zero attached hydrogens (tertiary/aromatic N) is 3. The van der Waals surface area contributed by atoms with Crippen LogP contribution in [0.3, 0.4) is 0 Å². The van der Waals surface area contributed by atoms with Gasteiger partial charge in [-0.25, -0.2) is 0 Å². The molecule has 0 atom stereocenters. The van der Waals surface area contributed by atoms with Crippen LogP contribution in [0.4, 0.5) is 13.2 Å². The quantitative estimate of drug-likeness (QED) is 0.381. The molecule has 1 aromatic carbocycles. The lowest BCUT2D eigenvalue weighted by Crippen LogP contribution is -2.42. The van der Waals surface area contributed by atoms with Crippen LogP contribution in [0.1, 0.15) is 55.4 Å². The van der Waals surface area contributed by atoms with E-state index in [2.05, 4.69) is 25.8 Å². The van der Waals surface area contributed by atoms with Gasteiger partial charge in [0.25, 0.3) is 0 Å². The highest BCUT2D eigenvalue weighted by atomic mass is 19.4. The number of rotatable bonds is 8. The molecule has 1 aliphatic rings. The maximum Gasteiger partial charge on any atom is 0.416 e. The van der Waals surface area contributed by atoms with Gasteiger partial charge in [-0.1, -0.05) is 29.8 Å². The molecule has 6 nitrogen and oxygen atoms in total. The Bertz CT molecular complexity index is 858. The van der Waals surface area contributed by atoms with Crippen LogP contribution >= 0.6 is 0 Å². The molecule has 0 unspecified atom stereocenters. The first kappa shape index (κ1) is 22.1. The third kappa shape index (κ3) is 5.52. The van der Waals surface area contributed by atoms with Gasteiger partial charge in [0, 0.05) is 24.9 Å². The van der Waals surface area contributed by atoms with Crippen LogP contribution in [0.2, 0.25) is 0 Å². The van der Waals surface area contributed by atoms with Crippen LogP contribution in [-0.2, 0) is 18.0 Å². The lowest BCUT2D eigenvalue weighted by Gasteiger charge is -2.41. The molecular formula is C21H28F3N5O. The van der Waals surface area contributed by atoms with E-state index in [4.69, 9.17) is 4.52 Å². The fourth-order valence-electron chi connectivity index (χ4n) is 3.63. The molecule has 3 rings (SSSR count). The van der Waals surface area contributed by atoms with E-state index in [1.807, 2.05) is 6.92 Å². The fourth-order valence-corrected chi connectivity index (χ4v) is 3.63. The Morgan fingerprint density at radius 2 is 2.07 bits per heavy atom. The summed E-state index contributed by atoms with van der Waals surface area (Å²) in [6.07, 6.45) is -0.190. The second-order valence-electron chi connectivity index (χ2n) is 7.67. The molecule has 0 amide bonds. The second-order valence-corrected chi connectivity index (χ2v) is 7.67. The van der Waals surface area contributed by atoms with Gasteiger partial charge in [0.15, 0.2) is 11.8 Å². The van der Waals surface area contributed by atoms with Crippen molar-refractivity contribution in [1.29, 1.82) is 0 Å². The summed E-state index contributed by atoms with van der Waals surface area (Å²) in [6, 6.07) is 5.68. The van der Waals surface area contributed by atoms with Crippen molar-refractivity contribution in [1.82, 2.24) is 20.8 Å². The summed E-state index contributed by atoms with van der Waals surface area (Å²) >= 11 is 0. The number of halogens is 3. The number of hydrogen-bond acceptors (Lipinski definition) is 4. The smallest absolute Gasteiger partial charge is 0.357 e. The van der Waals surface area contributed by atoms with Gasteiger partial charge in [0.2, 0.25) is 5.89 Å². The lowest BCUT2D eigenvalue weighted by atomic mass is 9.64. The molecule has 9 heteroatoms. The zero-order valence-corrected chi connectivity index (χ0v) is 17.4. The molecule has 0 radical (unpaired) electrons. The first-order valence-corrected chi connectivity index (χ1v) is 10.3. The van der Waals surface area contributed by atoms with Crippen molar-refractivity contribution in [3.05, 3.63) is 47.1 Å². The molecule has 0 spiro atoms. The van der Waals surface area contributed by atoms with E-state index >= 15 is 0 Å². The molecule has 0 bridgehead atoms. The molecule has 1 aromatic heterocycles. The Morgan fingerprint density at radius 3 is 2.67 bits per heavy atom. The minimum Gasteiger partial charge on any atom is -0.357 e. The molecule has 0 aliphatic heterocycles. The standard InChI is InChI=1S/C21H28F3N5O/c1-3-25-19(26-12-5-9-18-28-15(2)29-30-18)27-14-20(10-6-11-20)16-7-4-8-17(13-16)21(22,23)24/h4,7-8,13H,3,5-6,9-12,14H2,1-2H3,(H2,25,26,27). The summed E-state index contributed by atoms with van der Waals surface area (Å²) < 4.78 is 44.5. The average Bonchev–Trinajstić information content (AvgIpc) is 3.09. The van der Waals surface area contributed by atoms with Gasteiger partial charge in [0.05, 0.1) is 12.1 Å². The maximum atomic E-state index is 13.1. The first-order chi connectivity index (χ1) is 14.3. The van der Waals surface area contributed by atoms with Gasteiger partial charge in [-0.05, 0) is 44.7 Å². The molecular weight excluding hydrogens is 395 g/mol. The predicted octanol–water partition coefficient (Wildman–Crippen LogP) is 4.01. The van der Waals surface area contributed by atoms with E-state index in [0.717, 1.165) is 37.3 Å². The molecule has 164 valence electrons. The van der Waals surface area contributed by atoms with Crippen molar-refractivity contribution in [2.75, 3.05) is 19.6 Å². The van der Waals surface area contributed by atoms with Gasteiger partial charge in [0.1, 0.15) is 0 Å². The summed E-state index contributed by atoms with van der Waals surface area (Å²) in [5.74, 6) is 1.89. The van der Waals surface area contributed by atoms with Crippen LogP contribution < -0.4 is 10.6 Å². The highest BCUT2D eigenvalue weighted by Gasteiger charge is 2.40. The minimum absolute atomic E-state index is 0.328. The van der Waals surface area contributed by atoms with Gasteiger partial charge >= 0.3 is 6.18 Å². The first-order valence-electron chi connectivity index (χ1n) is 10.3. The van der Waals surface area contributed by atoms with Gasteiger partial charge in [-0.3, -0.25) is 4.99 Å². The monoisotopic (exact) mass is 423 g/mol. The Labute approximate surface area is 174 Å². The van der Waals surface area contributed by atoms with Crippen LogP contribution in [0.15, 0.2) is 33.8 Å².